The van der Waals surface area contributed by atoms with E-state index < -0.39 is 19.9 Å². The molecule has 126 valence electrons. The molecule has 0 unspecified atom stereocenters. The smallest absolute Gasteiger partial charge is 0.243 e. The third kappa shape index (κ3) is 4.20. The Morgan fingerprint density at radius 2 is 1.77 bits per heavy atom. The van der Waals surface area contributed by atoms with Gasteiger partial charge in [-0.05, 0) is 37.6 Å². The SMILES string of the molecule is Cc1ccc(S(C)(=O)=O)cc1S(=O)(=O)N1CCCNCC1.Cl. The largest absolute Gasteiger partial charge is 0.315 e. The Labute approximate surface area is 138 Å². The van der Waals surface area contributed by atoms with Gasteiger partial charge in [0.25, 0.3) is 0 Å². The summed E-state index contributed by atoms with van der Waals surface area (Å²) in [6, 6.07) is 4.24. The van der Waals surface area contributed by atoms with Crippen molar-refractivity contribution in [3.63, 3.8) is 0 Å². The highest BCUT2D eigenvalue weighted by Crippen LogP contribution is 2.24. The van der Waals surface area contributed by atoms with Gasteiger partial charge < -0.3 is 5.32 Å². The summed E-state index contributed by atoms with van der Waals surface area (Å²) in [7, 11) is -7.11. The molecule has 22 heavy (non-hydrogen) atoms. The van der Waals surface area contributed by atoms with Crippen molar-refractivity contribution < 1.29 is 16.8 Å². The minimum atomic E-state index is -3.67. The van der Waals surface area contributed by atoms with Crippen molar-refractivity contribution in [3.8, 4) is 0 Å². The maximum Gasteiger partial charge on any atom is 0.243 e. The Kier molecular flexibility index (Phi) is 6.40. The number of halogens is 1. The molecule has 1 aliphatic heterocycles. The quantitative estimate of drug-likeness (QED) is 0.853. The van der Waals surface area contributed by atoms with Crippen LogP contribution in [0.5, 0.6) is 0 Å². The lowest BCUT2D eigenvalue weighted by atomic mass is 10.2. The van der Waals surface area contributed by atoms with E-state index in [1.54, 1.807) is 13.0 Å². The van der Waals surface area contributed by atoms with Crippen LogP contribution >= 0.6 is 12.4 Å². The fraction of sp³-hybridized carbons (Fsp3) is 0.538. The summed E-state index contributed by atoms with van der Waals surface area (Å²) in [5.41, 5.74) is 0.555. The van der Waals surface area contributed by atoms with E-state index in [0.717, 1.165) is 19.2 Å². The molecule has 1 saturated heterocycles. The van der Waals surface area contributed by atoms with Crippen LogP contribution in [0.15, 0.2) is 28.0 Å². The maximum absolute atomic E-state index is 12.7. The number of sulfone groups is 1. The van der Waals surface area contributed by atoms with Crippen LogP contribution in [0.2, 0.25) is 0 Å². The van der Waals surface area contributed by atoms with E-state index in [0.29, 0.717) is 25.2 Å². The van der Waals surface area contributed by atoms with E-state index in [4.69, 9.17) is 0 Å². The van der Waals surface area contributed by atoms with Gasteiger partial charge >= 0.3 is 0 Å². The minimum Gasteiger partial charge on any atom is -0.315 e. The molecule has 1 heterocycles. The standard InChI is InChI=1S/C13H20N2O4S2.ClH/c1-11-4-5-12(20(2,16)17)10-13(11)21(18,19)15-8-3-6-14-7-9-15;/h4-5,10,14H,3,6-9H2,1-2H3;1H. The second-order valence-electron chi connectivity index (χ2n) is 5.21. The second-order valence-corrected chi connectivity index (χ2v) is 9.13. The summed E-state index contributed by atoms with van der Waals surface area (Å²) in [6.07, 6.45) is 1.81. The molecular formula is C13H21ClN2O4S2. The number of rotatable bonds is 3. The molecule has 0 aromatic heterocycles. The maximum atomic E-state index is 12.7. The number of hydrogen-bond acceptors (Lipinski definition) is 5. The summed E-state index contributed by atoms with van der Waals surface area (Å²) < 4.78 is 50.2. The van der Waals surface area contributed by atoms with Gasteiger partial charge in [0, 0.05) is 25.9 Å². The van der Waals surface area contributed by atoms with Gasteiger partial charge in [-0.3, -0.25) is 0 Å². The molecule has 1 aliphatic rings. The van der Waals surface area contributed by atoms with Gasteiger partial charge in [0.1, 0.15) is 0 Å². The van der Waals surface area contributed by atoms with Gasteiger partial charge in [0.05, 0.1) is 9.79 Å². The highest BCUT2D eigenvalue weighted by molar-refractivity contribution is 7.91. The lowest BCUT2D eigenvalue weighted by molar-refractivity contribution is 0.431. The average Bonchev–Trinajstić information content (AvgIpc) is 2.66. The molecule has 0 atom stereocenters. The van der Waals surface area contributed by atoms with Gasteiger partial charge in [-0.15, -0.1) is 12.4 Å². The van der Waals surface area contributed by atoms with Crippen LogP contribution < -0.4 is 5.32 Å². The molecule has 0 spiro atoms. The first-order chi connectivity index (χ1) is 9.73. The van der Waals surface area contributed by atoms with Gasteiger partial charge in [0.15, 0.2) is 9.84 Å². The van der Waals surface area contributed by atoms with Crippen molar-refractivity contribution >= 4 is 32.3 Å². The first-order valence-electron chi connectivity index (χ1n) is 6.74. The van der Waals surface area contributed by atoms with Crippen LogP contribution in [0.3, 0.4) is 0 Å². The van der Waals surface area contributed by atoms with Crippen molar-refractivity contribution in [3.05, 3.63) is 23.8 Å². The summed E-state index contributed by atoms with van der Waals surface area (Å²) in [6.45, 7) is 3.90. The highest BCUT2D eigenvalue weighted by Gasteiger charge is 2.27. The van der Waals surface area contributed by atoms with E-state index >= 15 is 0 Å². The van der Waals surface area contributed by atoms with Gasteiger partial charge in [-0.2, -0.15) is 4.31 Å². The van der Waals surface area contributed by atoms with Crippen LogP contribution in [0, 0.1) is 6.92 Å². The Morgan fingerprint density at radius 1 is 1.09 bits per heavy atom. The topological polar surface area (TPSA) is 83.5 Å². The van der Waals surface area contributed by atoms with Crippen molar-refractivity contribution in [1.82, 2.24) is 9.62 Å². The predicted octanol–water partition coefficient (Wildman–Crippen LogP) is 0.804. The normalized spacial score (nSPS) is 17.5. The fourth-order valence-corrected chi connectivity index (χ4v) is 4.74. The fourth-order valence-electron chi connectivity index (χ4n) is 2.29. The Balaban J connectivity index is 0.00000242. The number of nitrogens with zero attached hydrogens (tertiary/aromatic N) is 1. The van der Waals surface area contributed by atoms with Crippen molar-refractivity contribution in [2.45, 2.75) is 23.1 Å². The van der Waals surface area contributed by atoms with E-state index in [1.165, 1.54) is 16.4 Å². The molecule has 6 nitrogen and oxygen atoms in total. The number of sulfonamides is 1. The molecule has 0 amide bonds. The third-order valence-electron chi connectivity index (χ3n) is 3.50. The van der Waals surface area contributed by atoms with Gasteiger partial charge in [-0.1, -0.05) is 6.07 Å². The number of aryl methyl sites for hydroxylation is 1. The number of benzene rings is 1. The van der Waals surface area contributed by atoms with Crippen molar-refractivity contribution in [1.29, 1.82) is 0 Å². The van der Waals surface area contributed by atoms with Gasteiger partial charge in [0.2, 0.25) is 10.0 Å². The highest BCUT2D eigenvalue weighted by atomic mass is 35.5. The van der Waals surface area contributed by atoms with Crippen LogP contribution in [-0.4, -0.2) is 53.6 Å². The van der Waals surface area contributed by atoms with E-state index in [-0.39, 0.29) is 22.2 Å². The predicted molar refractivity (Wildman–Crippen MR) is 87.8 cm³/mol. The zero-order valence-corrected chi connectivity index (χ0v) is 15.0. The van der Waals surface area contributed by atoms with Crippen LogP contribution in [0.1, 0.15) is 12.0 Å². The van der Waals surface area contributed by atoms with Crippen LogP contribution in [-0.2, 0) is 19.9 Å². The minimum absolute atomic E-state index is 0. The van der Waals surface area contributed by atoms with E-state index in [9.17, 15) is 16.8 Å². The van der Waals surface area contributed by atoms with E-state index in [2.05, 4.69) is 5.32 Å². The van der Waals surface area contributed by atoms with Crippen molar-refractivity contribution in [2.75, 3.05) is 32.4 Å². The molecule has 0 bridgehead atoms. The van der Waals surface area contributed by atoms with Crippen LogP contribution in [0.4, 0.5) is 0 Å². The molecule has 1 fully saturated rings. The molecule has 0 saturated carbocycles. The summed E-state index contributed by atoms with van der Waals surface area (Å²) in [5, 5.41) is 3.15. The summed E-state index contributed by atoms with van der Waals surface area (Å²) >= 11 is 0. The van der Waals surface area contributed by atoms with E-state index in [1.807, 2.05) is 0 Å². The second kappa shape index (κ2) is 7.27. The third-order valence-corrected chi connectivity index (χ3v) is 6.66. The summed E-state index contributed by atoms with van der Waals surface area (Å²) in [5.74, 6) is 0. The zero-order chi connectivity index (χ0) is 15.7. The molecule has 0 radical (unpaired) electrons. The van der Waals surface area contributed by atoms with Crippen molar-refractivity contribution in [2.24, 2.45) is 0 Å². The first-order valence-corrected chi connectivity index (χ1v) is 10.1. The lowest BCUT2D eigenvalue weighted by Gasteiger charge is -2.21. The zero-order valence-electron chi connectivity index (χ0n) is 12.6. The van der Waals surface area contributed by atoms with Crippen LogP contribution in [0.25, 0.3) is 0 Å². The summed E-state index contributed by atoms with van der Waals surface area (Å²) in [4.78, 5) is 0.104. The molecule has 9 heteroatoms. The monoisotopic (exact) mass is 368 g/mol. The molecule has 2 rings (SSSR count). The number of nitrogens with one attached hydrogen (secondary N) is 1. The van der Waals surface area contributed by atoms with Gasteiger partial charge in [-0.25, -0.2) is 16.8 Å². The average molecular weight is 369 g/mol. The molecule has 1 aromatic rings. The Bertz CT molecular complexity index is 724. The Hall–Kier alpha value is -0.670. The molecule has 1 aromatic carbocycles. The lowest BCUT2D eigenvalue weighted by Crippen LogP contribution is -2.34. The number of hydrogen-bond donors (Lipinski definition) is 1. The molecule has 0 aliphatic carbocycles. The Morgan fingerprint density at radius 3 is 2.41 bits per heavy atom. The first kappa shape index (κ1) is 19.4. The molecule has 1 N–H and O–H groups in total. The molecular weight excluding hydrogens is 348 g/mol.